The Kier molecular flexibility index (Phi) is 6.44. The zero-order valence-electron chi connectivity index (χ0n) is 13.2. The lowest BCUT2D eigenvalue weighted by molar-refractivity contribution is -0.157. The summed E-state index contributed by atoms with van der Waals surface area (Å²) in [6.07, 6.45) is 4.87. The van der Waals surface area contributed by atoms with Gasteiger partial charge < -0.3 is 10.1 Å². The minimum atomic E-state index is -0.683. The van der Waals surface area contributed by atoms with Crippen LogP contribution in [-0.4, -0.2) is 18.0 Å². The third kappa shape index (κ3) is 5.17. The summed E-state index contributed by atoms with van der Waals surface area (Å²) in [7, 11) is 0. The molecule has 1 aromatic carbocycles. The second kappa shape index (κ2) is 8.57. The Morgan fingerprint density at radius 3 is 2.55 bits per heavy atom. The van der Waals surface area contributed by atoms with Gasteiger partial charge in [-0.2, -0.15) is 0 Å². The number of hydrogen-bond donors (Lipinski definition) is 1. The first-order valence-corrected chi connectivity index (χ1v) is 8.20. The summed E-state index contributed by atoms with van der Waals surface area (Å²) in [5, 5.41) is 2.83. The molecule has 0 aliphatic heterocycles. The number of nitrogens with one attached hydrogen (secondary N) is 1. The molecule has 0 bridgehead atoms. The van der Waals surface area contributed by atoms with Gasteiger partial charge in [0.2, 0.25) is 0 Å². The topological polar surface area (TPSA) is 55.4 Å². The molecule has 1 aromatic rings. The third-order valence-electron chi connectivity index (χ3n) is 4.18. The predicted octanol–water partition coefficient (Wildman–Crippen LogP) is 3.20. The lowest BCUT2D eigenvalue weighted by atomic mass is 10.0. The standard InChI is InChI=1S/C18H25NO3/c1-2-16(22-17(20)12-14-8-6-7-9-14)18(21)19-13-15-10-4-3-5-11-15/h3-5,10-11,14,16H,2,6-9,12-13H2,1H3,(H,19,21). The van der Waals surface area contributed by atoms with Crippen molar-refractivity contribution in [1.82, 2.24) is 5.32 Å². The molecule has 0 saturated heterocycles. The van der Waals surface area contributed by atoms with Gasteiger partial charge in [-0.3, -0.25) is 9.59 Å². The molecule has 1 aliphatic rings. The van der Waals surface area contributed by atoms with Crippen LogP contribution in [0.1, 0.15) is 51.0 Å². The fraction of sp³-hybridized carbons (Fsp3) is 0.556. The van der Waals surface area contributed by atoms with Crippen LogP contribution < -0.4 is 5.32 Å². The van der Waals surface area contributed by atoms with Gasteiger partial charge in [0, 0.05) is 13.0 Å². The maximum absolute atomic E-state index is 12.1. The molecule has 1 N–H and O–H groups in total. The highest BCUT2D eigenvalue weighted by atomic mass is 16.5. The predicted molar refractivity (Wildman–Crippen MR) is 85.0 cm³/mol. The Hall–Kier alpha value is -1.84. The van der Waals surface area contributed by atoms with Crippen LogP contribution in [0, 0.1) is 5.92 Å². The maximum atomic E-state index is 12.1. The summed E-state index contributed by atoms with van der Waals surface area (Å²) in [5.74, 6) is -0.0166. The largest absolute Gasteiger partial charge is 0.452 e. The van der Waals surface area contributed by atoms with Gasteiger partial charge in [0.1, 0.15) is 0 Å². The van der Waals surface area contributed by atoms with E-state index in [1.807, 2.05) is 37.3 Å². The number of rotatable bonds is 7. The first-order chi connectivity index (χ1) is 10.7. The molecule has 1 unspecified atom stereocenters. The molecular formula is C18H25NO3. The fourth-order valence-corrected chi connectivity index (χ4v) is 2.88. The van der Waals surface area contributed by atoms with Crippen LogP contribution in [0.3, 0.4) is 0 Å². The van der Waals surface area contributed by atoms with Gasteiger partial charge >= 0.3 is 5.97 Å². The smallest absolute Gasteiger partial charge is 0.306 e. The van der Waals surface area contributed by atoms with E-state index in [4.69, 9.17) is 4.74 Å². The van der Waals surface area contributed by atoms with Crippen LogP contribution in [0.15, 0.2) is 30.3 Å². The lowest BCUT2D eigenvalue weighted by Crippen LogP contribution is -2.37. The van der Waals surface area contributed by atoms with Gasteiger partial charge in [0.25, 0.3) is 5.91 Å². The average molecular weight is 303 g/mol. The van der Waals surface area contributed by atoms with Crippen molar-refractivity contribution in [1.29, 1.82) is 0 Å². The first-order valence-electron chi connectivity index (χ1n) is 8.20. The quantitative estimate of drug-likeness (QED) is 0.787. The molecule has 0 aromatic heterocycles. The molecule has 1 aliphatic carbocycles. The number of carbonyl (C=O) groups excluding carboxylic acids is 2. The van der Waals surface area contributed by atoms with E-state index in [1.54, 1.807) is 0 Å². The van der Waals surface area contributed by atoms with E-state index in [0.717, 1.165) is 18.4 Å². The monoisotopic (exact) mass is 303 g/mol. The number of esters is 1. The SMILES string of the molecule is CCC(OC(=O)CC1CCCC1)C(=O)NCc1ccccc1. The molecule has 1 fully saturated rings. The normalized spacial score (nSPS) is 16.2. The Labute approximate surface area is 132 Å². The molecule has 0 heterocycles. The molecule has 4 heteroatoms. The highest BCUT2D eigenvalue weighted by Gasteiger charge is 2.24. The minimum absolute atomic E-state index is 0.217. The van der Waals surface area contributed by atoms with Crippen molar-refractivity contribution < 1.29 is 14.3 Å². The average Bonchev–Trinajstić information content (AvgIpc) is 3.04. The van der Waals surface area contributed by atoms with E-state index in [1.165, 1.54) is 12.8 Å². The zero-order valence-corrected chi connectivity index (χ0v) is 13.2. The third-order valence-corrected chi connectivity index (χ3v) is 4.18. The van der Waals surface area contributed by atoms with E-state index in [0.29, 0.717) is 25.3 Å². The van der Waals surface area contributed by atoms with Crippen molar-refractivity contribution in [3.63, 3.8) is 0 Å². The second-order valence-electron chi connectivity index (χ2n) is 5.94. The van der Waals surface area contributed by atoms with Crippen LogP contribution in [0.25, 0.3) is 0 Å². The maximum Gasteiger partial charge on any atom is 0.306 e. The Morgan fingerprint density at radius 1 is 1.23 bits per heavy atom. The molecule has 0 spiro atoms. The summed E-state index contributed by atoms with van der Waals surface area (Å²) in [6.45, 7) is 2.31. The van der Waals surface area contributed by atoms with Gasteiger partial charge in [-0.05, 0) is 30.7 Å². The number of carbonyl (C=O) groups is 2. The van der Waals surface area contributed by atoms with E-state index in [2.05, 4.69) is 5.32 Å². The van der Waals surface area contributed by atoms with Gasteiger partial charge in [0.05, 0.1) is 0 Å². The second-order valence-corrected chi connectivity index (χ2v) is 5.94. The molecule has 1 saturated carbocycles. The van der Waals surface area contributed by atoms with Gasteiger partial charge in [-0.15, -0.1) is 0 Å². The Morgan fingerprint density at radius 2 is 1.91 bits per heavy atom. The minimum Gasteiger partial charge on any atom is -0.452 e. The lowest BCUT2D eigenvalue weighted by Gasteiger charge is -2.17. The van der Waals surface area contributed by atoms with Crippen molar-refractivity contribution in [3.05, 3.63) is 35.9 Å². The van der Waals surface area contributed by atoms with Gasteiger partial charge in [0.15, 0.2) is 6.10 Å². The van der Waals surface area contributed by atoms with Crippen molar-refractivity contribution >= 4 is 11.9 Å². The fourth-order valence-electron chi connectivity index (χ4n) is 2.88. The molecule has 1 amide bonds. The molecule has 1 atom stereocenters. The highest BCUT2D eigenvalue weighted by Crippen LogP contribution is 2.27. The van der Waals surface area contributed by atoms with Crippen LogP contribution >= 0.6 is 0 Å². The van der Waals surface area contributed by atoms with Crippen molar-refractivity contribution in [2.45, 2.75) is 58.1 Å². The summed E-state index contributed by atoms with van der Waals surface area (Å²) < 4.78 is 5.36. The molecule has 0 radical (unpaired) electrons. The van der Waals surface area contributed by atoms with Crippen molar-refractivity contribution in [2.75, 3.05) is 0 Å². The van der Waals surface area contributed by atoms with E-state index >= 15 is 0 Å². The van der Waals surface area contributed by atoms with E-state index in [-0.39, 0.29) is 11.9 Å². The van der Waals surface area contributed by atoms with Crippen molar-refractivity contribution in [2.24, 2.45) is 5.92 Å². The Bertz CT molecular complexity index is 480. The number of hydrogen-bond acceptors (Lipinski definition) is 3. The van der Waals surface area contributed by atoms with Gasteiger partial charge in [-0.25, -0.2) is 0 Å². The molecular weight excluding hydrogens is 278 g/mol. The van der Waals surface area contributed by atoms with E-state index in [9.17, 15) is 9.59 Å². The molecule has 2 rings (SSSR count). The molecule has 4 nitrogen and oxygen atoms in total. The number of amides is 1. The Balaban J connectivity index is 1.76. The van der Waals surface area contributed by atoms with Gasteiger partial charge in [-0.1, -0.05) is 50.1 Å². The number of ether oxygens (including phenoxy) is 1. The highest BCUT2D eigenvalue weighted by molar-refractivity contribution is 5.83. The zero-order chi connectivity index (χ0) is 15.8. The van der Waals surface area contributed by atoms with Crippen LogP contribution in [0.4, 0.5) is 0 Å². The molecule has 22 heavy (non-hydrogen) atoms. The molecule has 120 valence electrons. The summed E-state index contributed by atoms with van der Waals surface area (Å²) in [5.41, 5.74) is 1.03. The van der Waals surface area contributed by atoms with E-state index < -0.39 is 6.10 Å². The summed E-state index contributed by atoms with van der Waals surface area (Å²) in [4.78, 5) is 24.1. The summed E-state index contributed by atoms with van der Waals surface area (Å²) >= 11 is 0. The first kappa shape index (κ1) is 16.5. The van der Waals surface area contributed by atoms with Crippen LogP contribution in [0.5, 0.6) is 0 Å². The van der Waals surface area contributed by atoms with Crippen LogP contribution in [-0.2, 0) is 20.9 Å². The van der Waals surface area contributed by atoms with Crippen molar-refractivity contribution in [3.8, 4) is 0 Å². The van der Waals surface area contributed by atoms with Crippen LogP contribution in [0.2, 0.25) is 0 Å². The summed E-state index contributed by atoms with van der Waals surface area (Å²) in [6, 6.07) is 9.70. The number of benzene rings is 1.